The number of carbonyl (C=O) groups excluding carboxylic acids is 1. The van der Waals surface area contributed by atoms with Crippen molar-refractivity contribution >= 4 is 40.6 Å². The van der Waals surface area contributed by atoms with Gasteiger partial charge in [-0.05, 0) is 24.3 Å². The smallest absolute Gasteiger partial charge is 0.245 e. The molecule has 19 heavy (non-hydrogen) atoms. The quantitative estimate of drug-likeness (QED) is 0.879. The summed E-state index contributed by atoms with van der Waals surface area (Å²) in [5.74, 6) is 2.15. The molecule has 2 atom stereocenters. The van der Waals surface area contributed by atoms with Gasteiger partial charge in [-0.1, -0.05) is 11.6 Å². The first-order valence-corrected chi connectivity index (χ1v) is 7.81. The zero-order valence-corrected chi connectivity index (χ0v) is 12.2. The van der Waals surface area contributed by atoms with E-state index in [9.17, 15) is 4.79 Å². The number of anilines is 2. The van der Waals surface area contributed by atoms with Crippen molar-refractivity contribution in [2.45, 2.75) is 18.5 Å². The highest BCUT2D eigenvalue weighted by Crippen LogP contribution is 2.39. The van der Waals surface area contributed by atoms with Crippen LogP contribution in [-0.2, 0) is 4.79 Å². The summed E-state index contributed by atoms with van der Waals surface area (Å²) in [5.41, 5.74) is 8.35. The average Bonchev–Trinajstić information content (AvgIpc) is 3.00. The molecule has 1 saturated heterocycles. The van der Waals surface area contributed by atoms with Crippen LogP contribution < -0.4 is 16.0 Å². The molecule has 2 aliphatic rings. The van der Waals surface area contributed by atoms with E-state index in [0.29, 0.717) is 11.1 Å². The van der Waals surface area contributed by atoms with Crippen molar-refractivity contribution in [2.75, 3.05) is 28.8 Å². The van der Waals surface area contributed by atoms with Crippen molar-refractivity contribution < 1.29 is 4.79 Å². The highest BCUT2D eigenvalue weighted by atomic mass is 35.5. The molecule has 1 aromatic carbocycles. The third-order valence-corrected chi connectivity index (χ3v) is 5.28. The fraction of sp³-hybridized carbons (Fsp3) is 0.462. The molecule has 4 nitrogen and oxygen atoms in total. The van der Waals surface area contributed by atoms with Crippen molar-refractivity contribution in [3.8, 4) is 0 Å². The number of hydrogen-bond donors (Lipinski definition) is 2. The second kappa shape index (κ2) is 4.89. The number of amides is 1. The molecule has 2 heterocycles. The molecule has 1 aromatic rings. The average molecular weight is 298 g/mol. The number of nitrogens with two attached hydrogens (primary N) is 1. The van der Waals surface area contributed by atoms with Crippen LogP contribution in [0.3, 0.4) is 0 Å². The van der Waals surface area contributed by atoms with E-state index < -0.39 is 6.04 Å². The summed E-state index contributed by atoms with van der Waals surface area (Å²) in [6.45, 7) is 0. The van der Waals surface area contributed by atoms with Crippen LogP contribution in [0.1, 0.15) is 18.0 Å². The predicted molar refractivity (Wildman–Crippen MR) is 81.1 cm³/mol. The van der Waals surface area contributed by atoms with E-state index in [1.165, 1.54) is 12.2 Å². The summed E-state index contributed by atoms with van der Waals surface area (Å²) in [7, 11) is 2.06. The van der Waals surface area contributed by atoms with Crippen molar-refractivity contribution in [1.82, 2.24) is 0 Å². The van der Waals surface area contributed by atoms with E-state index in [0.717, 1.165) is 22.7 Å². The zero-order valence-electron chi connectivity index (χ0n) is 10.6. The Morgan fingerprint density at radius 1 is 1.53 bits per heavy atom. The number of nitrogens with one attached hydrogen (secondary N) is 1. The molecular weight excluding hydrogens is 282 g/mol. The Bertz CT molecular complexity index is 531. The summed E-state index contributed by atoms with van der Waals surface area (Å²) < 4.78 is 0. The van der Waals surface area contributed by atoms with Crippen molar-refractivity contribution in [2.24, 2.45) is 5.73 Å². The zero-order chi connectivity index (χ0) is 13.6. The van der Waals surface area contributed by atoms with Gasteiger partial charge >= 0.3 is 0 Å². The summed E-state index contributed by atoms with van der Waals surface area (Å²) in [6, 6.07) is 3.65. The van der Waals surface area contributed by atoms with Crippen molar-refractivity contribution in [3.63, 3.8) is 0 Å². The Balaban J connectivity index is 1.95. The van der Waals surface area contributed by atoms with E-state index in [2.05, 4.69) is 17.3 Å². The van der Waals surface area contributed by atoms with Crippen molar-refractivity contribution in [3.05, 3.63) is 22.7 Å². The van der Waals surface area contributed by atoms with Gasteiger partial charge in [0.25, 0.3) is 0 Å². The summed E-state index contributed by atoms with van der Waals surface area (Å²) in [5, 5.41) is 3.46. The van der Waals surface area contributed by atoms with Crippen molar-refractivity contribution in [1.29, 1.82) is 0 Å². The molecule has 0 spiro atoms. The Labute approximate surface area is 121 Å². The minimum atomic E-state index is -0.603. The summed E-state index contributed by atoms with van der Waals surface area (Å²) in [6.07, 6.45) is 1.17. The lowest BCUT2D eigenvalue weighted by Crippen LogP contribution is -2.31. The Hall–Kier alpha value is -0.910. The van der Waals surface area contributed by atoms with E-state index in [-0.39, 0.29) is 5.91 Å². The molecule has 0 saturated carbocycles. The normalized spacial score (nSPS) is 25.3. The lowest BCUT2D eigenvalue weighted by Gasteiger charge is -2.27. The lowest BCUT2D eigenvalue weighted by atomic mass is 10.1. The number of fused-ring (bicyclic) bond motifs is 1. The molecule has 2 unspecified atom stereocenters. The Morgan fingerprint density at radius 2 is 2.32 bits per heavy atom. The minimum Gasteiger partial charge on any atom is -0.369 e. The Morgan fingerprint density at radius 3 is 3.00 bits per heavy atom. The van der Waals surface area contributed by atoms with Gasteiger partial charge in [-0.2, -0.15) is 11.8 Å². The molecule has 3 rings (SSSR count). The molecular formula is C13H16ClN3OS. The first-order valence-electron chi connectivity index (χ1n) is 6.28. The molecule has 1 amide bonds. The molecule has 0 aromatic heterocycles. The molecule has 0 bridgehead atoms. The topological polar surface area (TPSA) is 58.4 Å². The van der Waals surface area contributed by atoms with Gasteiger partial charge in [-0.15, -0.1) is 0 Å². The predicted octanol–water partition coefficient (Wildman–Crippen LogP) is 2.23. The minimum absolute atomic E-state index is 0.165. The van der Waals surface area contributed by atoms with E-state index in [1.54, 1.807) is 0 Å². The van der Waals surface area contributed by atoms with Gasteiger partial charge in [0, 0.05) is 30.1 Å². The van der Waals surface area contributed by atoms with E-state index >= 15 is 0 Å². The number of rotatable bonds is 2. The number of thioether (sulfide) groups is 1. The maximum Gasteiger partial charge on any atom is 0.245 e. The van der Waals surface area contributed by atoms with Crippen LogP contribution in [0.4, 0.5) is 11.4 Å². The van der Waals surface area contributed by atoms with Gasteiger partial charge < -0.3 is 16.0 Å². The maximum absolute atomic E-state index is 11.6. The van der Waals surface area contributed by atoms with Crippen LogP contribution in [0.2, 0.25) is 5.02 Å². The Kier molecular flexibility index (Phi) is 3.37. The molecule has 1 fully saturated rings. The van der Waals surface area contributed by atoms with E-state index in [1.807, 2.05) is 23.9 Å². The highest BCUT2D eigenvalue weighted by molar-refractivity contribution is 7.99. The van der Waals surface area contributed by atoms with Crippen LogP contribution in [0.5, 0.6) is 0 Å². The number of halogens is 1. The number of hydrogen-bond acceptors (Lipinski definition) is 4. The van der Waals surface area contributed by atoms with E-state index in [4.69, 9.17) is 17.3 Å². The lowest BCUT2D eigenvalue weighted by molar-refractivity contribution is -0.116. The van der Waals surface area contributed by atoms with Crippen LogP contribution in [0, 0.1) is 0 Å². The molecule has 0 radical (unpaired) electrons. The first kappa shape index (κ1) is 13.1. The largest absolute Gasteiger partial charge is 0.369 e. The van der Waals surface area contributed by atoms with Gasteiger partial charge in [-0.25, -0.2) is 0 Å². The standard InChI is InChI=1S/C13H16ClN3OS/c1-17(7-2-3-19-6-7)11-5-10-8(4-9(11)14)12(15)13(18)16-10/h4-5,7,12H,2-3,6,15H2,1H3,(H,16,18). The van der Waals surface area contributed by atoms with Crippen LogP contribution in [0.15, 0.2) is 12.1 Å². The third-order valence-electron chi connectivity index (χ3n) is 3.83. The van der Waals surface area contributed by atoms with Crippen LogP contribution >= 0.6 is 23.4 Å². The van der Waals surface area contributed by atoms with Gasteiger partial charge in [0.2, 0.25) is 5.91 Å². The fourth-order valence-corrected chi connectivity index (χ4v) is 4.16. The number of nitrogens with zero attached hydrogens (tertiary/aromatic N) is 1. The molecule has 6 heteroatoms. The van der Waals surface area contributed by atoms with Crippen LogP contribution in [0.25, 0.3) is 0 Å². The second-order valence-electron chi connectivity index (χ2n) is 4.99. The van der Waals surface area contributed by atoms with Gasteiger partial charge in [0.15, 0.2) is 0 Å². The van der Waals surface area contributed by atoms with Gasteiger partial charge in [0.1, 0.15) is 6.04 Å². The van der Waals surface area contributed by atoms with Gasteiger partial charge in [-0.3, -0.25) is 4.79 Å². The molecule has 102 valence electrons. The number of benzene rings is 1. The highest BCUT2D eigenvalue weighted by Gasteiger charge is 2.30. The molecule has 3 N–H and O–H groups in total. The van der Waals surface area contributed by atoms with Gasteiger partial charge in [0.05, 0.1) is 10.7 Å². The molecule has 0 aliphatic carbocycles. The molecule has 2 aliphatic heterocycles. The second-order valence-corrected chi connectivity index (χ2v) is 6.54. The van der Waals surface area contributed by atoms with Crippen LogP contribution in [-0.4, -0.2) is 30.5 Å². The summed E-state index contributed by atoms with van der Waals surface area (Å²) >= 11 is 8.31. The fourth-order valence-electron chi connectivity index (χ4n) is 2.59. The number of carbonyl (C=O) groups is 1. The summed E-state index contributed by atoms with van der Waals surface area (Å²) in [4.78, 5) is 13.8. The maximum atomic E-state index is 11.6. The monoisotopic (exact) mass is 297 g/mol. The SMILES string of the molecule is CN(c1cc2c(cc1Cl)C(N)C(=O)N2)C1CCSC1. The first-order chi connectivity index (χ1) is 9.08. The third kappa shape index (κ3) is 2.20.